The predicted octanol–water partition coefficient (Wildman–Crippen LogP) is 3.07. The van der Waals surface area contributed by atoms with Gasteiger partial charge in [-0.05, 0) is 24.1 Å². The van der Waals surface area contributed by atoms with E-state index in [1.54, 1.807) is 30.4 Å². The van der Waals surface area contributed by atoms with Crippen LogP contribution in [0.3, 0.4) is 0 Å². The van der Waals surface area contributed by atoms with Crippen LogP contribution in [0, 0.1) is 0 Å². The first-order valence-corrected chi connectivity index (χ1v) is 12.3. The van der Waals surface area contributed by atoms with Gasteiger partial charge in [-0.15, -0.1) is 11.3 Å². The number of aryl methyl sites for hydroxylation is 1. The molecule has 1 fully saturated rings. The molecule has 11 heteroatoms. The molecule has 10 nitrogen and oxygen atoms in total. The summed E-state index contributed by atoms with van der Waals surface area (Å²) in [6.45, 7) is 2.33. The van der Waals surface area contributed by atoms with Crippen molar-refractivity contribution in [3.05, 3.63) is 53.7 Å². The van der Waals surface area contributed by atoms with E-state index in [1.807, 2.05) is 34.3 Å². The summed E-state index contributed by atoms with van der Waals surface area (Å²) in [5.74, 6) is 1.13. The van der Waals surface area contributed by atoms with Crippen LogP contribution in [0.5, 0.6) is 0 Å². The van der Waals surface area contributed by atoms with E-state index in [0.717, 1.165) is 47.3 Å². The quantitative estimate of drug-likeness (QED) is 0.392. The molecule has 35 heavy (non-hydrogen) atoms. The van der Waals surface area contributed by atoms with Gasteiger partial charge in [0.15, 0.2) is 5.60 Å². The number of benzene rings is 1. The zero-order valence-electron chi connectivity index (χ0n) is 19.1. The van der Waals surface area contributed by atoms with Crippen LogP contribution in [-0.2, 0) is 16.9 Å². The number of nitrogens with zero attached hydrogens (tertiary/aromatic N) is 6. The van der Waals surface area contributed by atoms with Crippen molar-refractivity contribution in [2.75, 3.05) is 30.8 Å². The average Bonchev–Trinajstić information content (AvgIpc) is 3.61. The summed E-state index contributed by atoms with van der Waals surface area (Å²) in [6, 6.07) is 9.25. The molecule has 178 valence electrons. The van der Waals surface area contributed by atoms with Gasteiger partial charge in [0.2, 0.25) is 5.95 Å². The van der Waals surface area contributed by atoms with Crippen LogP contribution in [0.1, 0.15) is 18.4 Å². The average molecular weight is 489 g/mol. The second kappa shape index (κ2) is 8.43. The Morgan fingerprint density at radius 3 is 2.97 bits per heavy atom. The number of nitrogens with one attached hydrogen (secondary N) is 2. The van der Waals surface area contributed by atoms with Crippen LogP contribution in [0.4, 0.5) is 17.5 Å². The third kappa shape index (κ3) is 3.82. The van der Waals surface area contributed by atoms with Gasteiger partial charge in [0.1, 0.15) is 22.2 Å². The fourth-order valence-electron chi connectivity index (χ4n) is 4.51. The van der Waals surface area contributed by atoms with Crippen LogP contribution < -0.4 is 10.6 Å². The molecular formula is C24H24N8O2S. The zero-order valence-corrected chi connectivity index (χ0v) is 19.9. The lowest BCUT2D eigenvalue weighted by molar-refractivity contribution is -0.143. The molecule has 4 aromatic rings. The van der Waals surface area contributed by atoms with Gasteiger partial charge in [0.25, 0.3) is 5.91 Å². The number of amides is 1. The van der Waals surface area contributed by atoms with Crippen molar-refractivity contribution in [1.82, 2.24) is 29.6 Å². The van der Waals surface area contributed by atoms with E-state index in [0.29, 0.717) is 30.2 Å². The minimum absolute atomic E-state index is 0.273. The van der Waals surface area contributed by atoms with E-state index in [9.17, 15) is 9.90 Å². The lowest BCUT2D eigenvalue weighted by Crippen LogP contribution is -2.36. The molecule has 0 saturated carbocycles. The molecule has 3 N–H and O–H groups in total. The second-order valence-corrected chi connectivity index (χ2v) is 9.61. The Labute approximate surface area is 205 Å². The fraction of sp³-hybridized carbons (Fsp3) is 0.292. The van der Waals surface area contributed by atoms with Crippen molar-refractivity contribution in [1.29, 1.82) is 0 Å². The number of carbonyl (C=O) groups excluding carboxylic acids is 1. The smallest absolute Gasteiger partial charge is 0.258 e. The van der Waals surface area contributed by atoms with Gasteiger partial charge in [-0.1, -0.05) is 18.2 Å². The SMILES string of the molecule is CN1CC[C@@](O)(c2cccc(-c3nc(-c4ccnc(Nc5cnn6c5NCCC6)n4)cs3)c2)C1=O. The van der Waals surface area contributed by atoms with Crippen molar-refractivity contribution in [3.63, 3.8) is 0 Å². The Morgan fingerprint density at radius 1 is 1.20 bits per heavy atom. The molecule has 1 amide bonds. The number of rotatable bonds is 5. The molecule has 2 aliphatic heterocycles. The third-order valence-electron chi connectivity index (χ3n) is 6.44. The topological polar surface area (TPSA) is 121 Å². The van der Waals surface area contributed by atoms with Gasteiger partial charge in [-0.2, -0.15) is 5.10 Å². The van der Waals surface area contributed by atoms with Crippen LogP contribution in [-0.4, -0.2) is 60.8 Å². The van der Waals surface area contributed by atoms with Gasteiger partial charge in [-0.3, -0.25) is 4.79 Å². The van der Waals surface area contributed by atoms with E-state index in [1.165, 1.54) is 11.3 Å². The van der Waals surface area contributed by atoms with Crippen LogP contribution in [0.25, 0.3) is 22.0 Å². The molecule has 0 unspecified atom stereocenters. The summed E-state index contributed by atoms with van der Waals surface area (Å²) in [5.41, 5.74) is 2.21. The molecule has 5 heterocycles. The number of carbonyl (C=O) groups is 1. The zero-order chi connectivity index (χ0) is 24.0. The molecule has 1 saturated heterocycles. The number of fused-ring (bicyclic) bond motifs is 1. The van der Waals surface area contributed by atoms with Crippen molar-refractivity contribution in [3.8, 4) is 22.0 Å². The first kappa shape index (κ1) is 21.7. The van der Waals surface area contributed by atoms with E-state index in [2.05, 4.69) is 25.7 Å². The van der Waals surface area contributed by atoms with Gasteiger partial charge >= 0.3 is 0 Å². The molecule has 0 radical (unpaired) electrons. The highest BCUT2D eigenvalue weighted by Crippen LogP contribution is 2.36. The number of aliphatic hydroxyl groups is 1. The summed E-state index contributed by atoms with van der Waals surface area (Å²) in [7, 11) is 1.71. The molecule has 1 aromatic carbocycles. The van der Waals surface area contributed by atoms with Crippen molar-refractivity contribution in [2.45, 2.75) is 25.0 Å². The fourth-order valence-corrected chi connectivity index (χ4v) is 5.32. The Bertz CT molecular complexity index is 1420. The predicted molar refractivity (Wildman–Crippen MR) is 133 cm³/mol. The lowest BCUT2D eigenvalue weighted by atomic mass is 9.91. The van der Waals surface area contributed by atoms with E-state index in [4.69, 9.17) is 4.98 Å². The van der Waals surface area contributed by atoms with Crippen LogP contribution in [0.2, 0.25) is 0 Å². The molecule has 1 atom stereocenters. The molecular weight excluding hydrogens is 464 g/mol. The highest BCUT2D eigenvalue weighted by Gasteiger charge is 2.45. The standard InChI is InChI=1S/C24H24N8O2S/c1-31-11-7-24(34,22(31)33)16-5-2-4-15(12-16)21-28-19(14-35-21)17-6-9-26-23(29-17)30-18-13-27-32-10-3-8-25-20(18)32/h2,4-6,9,12-14,25,34H,3,7-8,10-11H2,1H3,(H,26,29,30)/t24-/m1/s1. The summed E-state index contributed by atoms with van der Waals surface area (Å²) >= 11 is 1.49. The summed E-state index contributed by atoms with van der Waals surface area (Å²) < 4.78 is 1.93. The van der Waals surface area contributed by atoms with Crippen molar-refractivity contribution >= 4 is 34.7 Å². The normalized spacial score (nSPS) is 19.5. The third-order valence-corrected chi connectivity index (χ3v) is 7.34. The number of hydrogen-bond donors (Lipinski definition) is 3. The Kier molecular flexibility index (Phi) is 5.23. The van der Waals surface area contributed by atoms with E-state index in [-0.39, 0.29) is 5.91 Å². The molecule has 2 aliphatic rings. The minimum Gasteiger partial charge on any atom is -0.375 e. The highest BCUT2D eigenvalue weighted by atomic mass is 32.1. The summed E-state index contributed by atoms with van der Waals surface area (Å²) in [4.78, 5) is 27.9. The van der Waals surface area contributed by atoms with Crippen LogP contribution >= 0.6 is 11.3 Å². The Hall–Kier alpha value is -3.83. The molecule has 0 bridgehead atoms. The van der Waals surface area contributed by atoms with Crippen molar-refractivity contribution < 1.29 is 9.90 Å². The molecule has 3 aromatic heterocycles. The van der Waals surface area contributed by atoms with Gasteiger partial charge < -0.3 is 20.6 Å². The van der Waals surface area contributed by atoms with Crippen molar-refractivity contribution in [2.24, 2.45) is 0 Å². The monoisotopic (exact) mass is 488 g/mol. The maximum atomic E-state index is 12.5. The summed E-state index contributed by atoms with van der Waals surface area (Å²) in [6.07, 6.45) is 4.90. The number of thiazole rings is 1. The maximum absolute atomic E-state index is 12.5. The number of aromatic nitrogens is 5. The van der Waals surface area contributed by atoms with E-state index >= 15 is 0 Å². The molecule has 0 spiro atoms. The Balaban J connectivity index is 1.25. The van der Waals surface area contributed by atoms with Crippen LogP contribution in [0.15, 0.2) is 48.1 Å². The number of likely N-dealkylation sites (tertiary alicyclic amines) is 1. The first-order valence-electron chi connectivity index (χ1n) is 11.5. The molecule has 0 aliphatic carbocycles. The highest BCUT2D eigenvalue weighted by molar-refractivity contribution is 7.13. The Morgan fingerprint density at radius 2 is 2.11 bits per heavy atom. The van der Waals surface area contributed by atoms with Gasteiger partial charge in [-0.25, -0.2) is 19.6 Å². The van der Waals surface area contributed by atoms with E-state index < -0.39 is 5.60 Å². The number of hydrogen-bond acceptors (Lipinski definition) is 9. The summed E-state index contributed by atoms with van der Waals surface area (Å²) in [5, 5.41) is 24.8. The maximum Gasteiger partial charge on any atom is 0.258 e. The first-order chi connectivity index (χ1) is 17.0. The van der Waals surface area contributed by atoms with Gasteiger partial charge in [0.05, 0.1) is 11.9 Å². The van der Waals surface area contributed by atoms with Gasteiger partial charge in [0, 0.05) is 50.2 Å². The minimum atomic E-state index is -1.49. The lowest BCUT2D eigenvalue weighted by Gasteiger charge is -2.21. The largest absolute Gasteiger partial charge is 0.375 e. The number of likely N-dealkylation sites (N-methyl/N-ethyl adjacent to an activating group) is 1. The molecule has 6 rings (SSSR count). The second-order valence-electron chi connectivity index (χ2n) is 8.76. The number of anilines is 3.